The summed E-state index contributed by atoms with van der Waals surface area (Å²) in [6.07, 6.45) is 39.1. The molecule has 338 valence electrons. The first-order valence-corrected chi connectivity index (χ1v) is 20.8. The largest absolute Gasteiger partial charge is 0.473 e. The molecule has 1 aliphatic heterocycles. The monoisotopic (exact) mass is 939 g/mol. The number of aromatic nitrogens is 18. The van der Waals surface area contributed by atoms with Crippen LogP contribution in [0.5, 0.6) is 0 Å². The second-order valence-electron chi connectivity index (χ2n) is 9.44. The molecular weight excluding hydrogens is 895 g/mol. The number of imidazole rings is 1. The molecule has 0 saturated heterocycles. The van der Waals surface area contributed by atoms with E-state index >= 15 is 0 Å². The van der Waals surface area contributed by atoms with Gasteiger partial charge in [0, 0.05) is 55.0 Å². The van der Waals surface area contributed by atoms with Gasteiger partial charge in [-0.25, -0.2) is 19.9 Å². The number of aliphatic imine (C=N–C) groups is 1. The Labute approximate surface area is 384 Å². The van der Waals surface area contributed by atoms with Crippen molar-refractivity contribution in [1.82, 2.24) is 91.0 Å². The van der Waals surface area contributed by atoms with Gasteiger partial charge in [0.2, 0.25) is 12.8 Å². The number of rotatable bonds is 0. The lowest BCUT2D eigenvalue weighted by Gasteiger charge is -1.60. The van der Waals surface area contributed by atoms with E-state index in [1.807, 2.05) is 83.2 Å². The van der Waals surface area contributed by atoms with E-state index in [0.29, 0.717) is 0 Å². The molecule has 0 amide bonds. The second-order valence-corrected chi connectivity index (χ2v) is 11.7. The van der Waals surface area contributed by atoms with Crippen molar-refractivity contribution in [1.29, 1.82) is 0 Å². The summed E-state index contributed by atoms with van der Waals surface area (Å²) in [5.41, 5.74) is 5.15. The highest BCUT2D eigenvalue weighted by Crippen LogP contribution is 1.91. The van der Waals surface area contributed by atoms with Crippen molar-refractivity contribution in [3.05, 3.63) is 225 Å². The van der Waals surface area contributed by atoms with Crippen molar-refractivity contribution in [3.8, 4) is 0 Å². The number of thiazole rings is 1. The molecule has 0 bridgehead atoms. The Bertz CT molecular complexity index is 1510. The average Bonchev–Trinajstić information content (AvgIpc) is 4.26. The van der Waals surface area contributed by atoms with Gasteiger partial charge in [-0.2, -0.15) is 26.6 Å². The van der Waals surface area contributed by atoms with Crippen LogP contribution in [0.1, 0.15) is 0 Å². The van der Waals surface area contributed by atoms with E-state index in [2.05, 4.69) is 114 Å². The molecule has 12 aromatic heterocycles. The highest BCUT2D eigenvalue weighted by molar-refractivity contribution is 7.08. The van der Waals surface area contributed by atoms with Gasteiger partial charge in [0.1, 0.15) is 48.9 Å². The molecule has 0 saturated carbocycles. The maximum Gasteiger partial charge on any atom is 0.203 e. The van der Waals surface area contributed by atoms with Crippen LogP contribution >= 0.6 is 34.0 Å². The highest BCUT2D eigenvalue weighted by Gasteiger charge is 1.72. The maximum atomic E-state index is 4.58. The molecule has 12 aromatic rings. The lowest BCUT2D eigenvalue weighted by molar-refractivity contribution is 0.420. The Morgan fingerprint density at radius 2 is 1.22 bits per heavy atom. The Morgan fingerprint density at radius 1 is 0.446 bits per heavy atom. The lowest BCUT2D eigenvalue weighted by Crippen LogP contribution is -1.54. The lowest BCUT2D eigenvalue weighted by atomic mass is 10.6. The van der Waals surface area contributed by atoms with Crippen LogP contribution in [0.2, 0.25) is 0 Å². The first kappa shape index (κ1) is 54.1. The average molecular weight is 940 g/mol. The first-order valence-electron chi connectivity index (χ1n) is 18.0. The van der Waals surface area contributed by atoms with E-state index in [0.717, 1.165) is 6.54 Å². The van der Waals surface area contributed by atoms with Gasteiger partial charge in [0.05, 0.1) is 43.3 Å². The van der Waals surface area contributed by atoms with E-state index in [4.69, 9.17) is 0 Å². The predicted octanol–water partition coefficient (Wildman–Crippen LogP) is 8.20. The van der Waals surface area contributed by atoms with Crippen LogP contribution in [0, 0.1) is 0 Å². The summed E-state index contributed by atoms with van der Waals surface area (Å²) in [5, 5.41) is 41.1. The summed E-state index contributed by atoms with van der Waals surface area (Å²) in [4.78, 5) is 27.5. The summed E-state index contributed by atoms with van der Waals surface area (Å²) in [6.45, 7) is 0.889. The summed E-state index contributed by atoms with van der Waals surface area (Å²) >= 11 is 4.81. The minimum atomic E-state index is 0.889. The molecule has 13 rings (SSSR count). The number of allylic oxidation sites excluding steroid dienone is 1. The van der Waals surface area contributed by atoms with E-state index in [1.165, 1.54) is 68.4 Å². The summed E-state index contributed by atoms with van der Waals surface area (Å²) < 4.78 is 17.8. The number of hydrogen-bond donors (Lipinski definition) is 5. The molecule has 0 spiro atoms. The van der Waals surface area contributed by atoms with Crippen molar-refractivity contribution >= 4 is 40.2 Å². The van der Waals surface area contributed by atoms with Crippen molar-refractivity contribution in [2.45, 2.75) is 0 Å². The summed E-state index contributed by atoms with van der Waals surface area (Å²) in [7, 11) is 0. The van der Waals surface area contributed by atoms with Gasteiger partial charge in [0.25, 0.3) is 0 Å². The van der Waals surface area contributed by atoms with Crippen LogP contribution in [-0.2, 0) is 0 Å². The molecule has 23 nitrogen and oxygen atoms in total. The van der Waals surface area contributed by atoms with E-state index < -0.39 is 0 Å². The van der Waals surface area contributed by atoms with Crippen LogP contribution in [0.3, 0.4) is 0 Å². The fraction of sp³-hybridized carbons (Fsp3) is 0.0256. The van der Waals surface area contributed by atoms with Gasteiger partial charge < -0.3 is 27.7 Å². The molecule has 26 heteroatoms. The number of nitrogens with zero attached hydrogens (tertiary/aromatic N) is 14. The summed E-state index contributed by atoms with van der Waals surface area (Å²) in [6, 6.07) is 15.1. The quantitative estimate of drug-likeness (QED) is 0.0956. The Morgan fingerprint density at radius 3 is 1.40 bits per heavy atom. The molecule has 0 aliphatic carbocycles. The third-order valence-electron chi connectivity index (χ3n) is 4.97. The highest BCUT2D eigenvalue weighted by atomic mass is 32.1. The van der Waals surface area contributed by atoms with Gasteiger partial charge in [0.15, 0.2) is 6.39 Å². The Kier molecular flexibility index (Phi) is 42.7. The van der Waals surface area contributed by atoms with Crippen molar-refractivity contribution in [3.63, 3.8) is 0 Å². The second kappa shape index (κ2) is 51.3. The number of hydrogen-bond acceptors (Lipinski definition) is 21. The normalized spacial score (nSPS) is 8.74. The molecule has 5 N–H and O–H groups in total. The smallest absolute Gasteiger partial charge is 0.203 e. The number of nitrogens with one attached hydrogen (secondary N) is 5. The van der Waals surface area contributed by atoms with Gasteiger partial charge in [-0.05, 0) is 53.2 Å². The van der Waals surface area contributed by atoms with Crippen LogP contribution in [0.4, 0.5) is 0 Å². The number of thiophene rings is 1. The van der Waals surface area contributed by atoms with E-state index in [9.17, 15) is 0 Å². The molecule has 13 heterocycles. The fourth-order valence-corrected chi connectivity index (χ4v) is 3.68. The zero-order valence-electron chi connectivity index (χ0n) is 34.3. The zero-order valence-corrected chi connectivity index (χ0v) is 36.7. The minimum absolute atomic E-state index is 0.889. The van der Waals surface area contributed by atoms with E-state index in [1.54, 1.807) is 114 Å². The molecule has 65 heavy (non-hydrogen) atoms. The van der Waals surface area contributed by atoms with Crippen molar-refractivity contribution in [2.75, 3.05) is 6.54 Å². The third kappa shape index (κ3) is 49.4. The number of H-pyrrole nitrogens is 5. The van der Waals surface area contributed by atoms with Crippen LogP contribution in [0.15, 0.2) is 248 Å². The Hall–Kier alpha value is -8.88. The molecule has 0 aromatic carbocycles. The van der Waals surface area contributed by atoms with Gasteiger partial charge in [-0.15, -0.1) is 43.1 Å². The topological polar surface area (TPSA) is 311 Å². The predicted molar refractivity (Wildman–Crippen MR) is 246 cm³/mol. The minimum Gasteiger partial charge on any atom is -0.473 e. The fourth-order valence-electron chi connectivity index (χ4n) is 2.60. The molecular formula is C39H45N19O4S3. The van der Waals surface area contributed by atoms with Gasteiger partial charge >= 0.3 is 0 Å². The van der Waals surface area contributed by atoms with E-state index in [-0.39, 0.29) is 0 Å². The molecule has 0 fully saturated rings. The third-order valence-corrected chi connectivity index (χ3v) is 6.55. The van der Waals surface area contributed by atoms with Crippen molar-refractivity contribution < 1.29 is 17.8 Å². The van der Waals surface area contributed by atoms with Gasteiger partial charge in [-0.3, -0.25) is 25.3 Å². The molecule has 0 atom stereocenters. The van der Waals surface area contributed by atoms with Crippen LogP contribution in [0.25, 0.3) is 0 Å². The number of oxazole rings is 1. The number of aromatic amines is 5. The SMILES string of the molecule is C1=CCN=C1.c1c[nH]cn1.c1cc[nH]c1.c1ccoc1.c1ccsc1.c1cn[nH]c1.c1cnoc1.c1cocn1.c1cscn1.c1nc[nH]n1.c1nc[nH]n1.c1nnco1.c1nncs1. The molecule has 0 unspecified atom stereocenters. The summed E-state index contributed by atoms with van der Waals surface area (Å²) in [5.74, 6) is 0. The zero-order chi connectivity index (χ0) is 46.0. The molecule has 1 aliphatic rings. The van der Waals surface area contributed by atoms with Gasteiger partial charge in [-0.1, -0.05) is 23.4 Å². The maximum absolute atomic E-state index is 4.58. The standard InChI is InChI=1S/2C4H5N.C4H4O.C4H4S.2C3H4N2.2C3H3NO.C3H3NS.2C2H3N3.C2H2N2O.C2H2N2S/c4*1-2-4-5-3-1;1-2-5-3-4-1;1-2-4-5-3-1;1-2-5-3-4-1;1-2-4-5-3-1;1-2-5-3-4-1;2*1-3-2-5-4-1;2*1-3-4-2-5-1/h1-3H,4H2;1-5H;2*1-4H;2*1-3H,(H,4,5);3*1-3H;2*1-2H,(H,3,4,5);2*1-2H. The number of furan rings is 1. The first-order chi connectivity index (χ1) is 32.5. The molecule has 0 radical (unpaired) electrons. The van der Waals surface area contributed by atoms with Crippen molar-refractivity contribution in [2.24, 2.45) is 4.99 Å². The van der Waals surface area contributed by atoms with Crippen LogP contribution < -0.4 is 0 Å². The van der Waals surface area contributed by atoms with Crippen LogP contribution in [-0.4, -0.2) is 104 Å². The Balaban J connectivity index is 0.000000352.